The van der Waals surface area contributed by atoms with Crippen LogP contribution in [0.15, 0.2) is 42.5 Å². The summed E-state index contributed by atoms with van der Waals surface area (Å²) in [4.78, 5) is 34.6. The van der Waals surface area contributed by atoms with Crippen LogP contribution in [0.25, 0.3) is 6.08 Å². The van der Waals surface area contributed by atoms with Crippen molar-refractivity contribution in [1.29, 1.82) is 0 Å². The molecule has 0 heterocycles. The van der Waals surface area contributed by atoms with E-state index in [-0.39, 0.29) is 22.2 Å². The Hall–Kier alpha value is -3.06. The first-order chi connectivity index (χ1) is 12.8. The minimum Gasteiger partial charge on any atom is -0.454 e. The SMILES string of the molecule is CC(=O)Nc1ccc(C(=O)COC(=O)/C=C/c2ccc(F)c(Cl)c2)c(F)c1. The standard InChI is InChI=1S/C19H14ClF2NO4/c1-11(24)23-13-4-5-14(17(22)9-13)18(25)10-27-19(26)7-3-12-2-6-16(21)15(20)8-12/h2-9H,10H2,1H3,(H,23,24)/b7-3+. The Morgan fingerprint density at radius 3 is 2.48 bits per heavy atom. The number of nitrogens with one attached hydrogen (secondary N) is 1. The van der Waals surface area contributed by atoms with Crippen molar-refractivity contribution in [2.24, 2.45) is 0 Å². The first kappa shape index (κ1) is 20.3. The highest BCUT2D eigenvalue weighted by molar-refractivity contribution is 6.30. The summed E-state index contributed by atoms with van der Waals surface area (Å²) in [6.07, 6.45) is 2.37. The van der Waals surface area contributed by atoms with Crippen molar-refractivity contribution in [3.63, 3.8) is 0 Å². The molecule has 0 fully saturated rings. The van der Waals surface area contributed by atoms with Gasteiger partial charge in [-0.3, -0.25) is 9.59 Å². The van der Waals surface area contributed by atoms with Crippen molar-refractivity contribution in [3.05, 3.63) is 70.3 Å². The van der Waals surface area contributed by atoms with Crippen LogP contribution in [0.1, 0.15) is 22.8 Å². The summed E-state index contributed by atoms with van der Waals surface area (Å²) in [5, 5.41) is 2.29. The largest absolute Gasteiger partial charge is 0.454 e. The van der Waals surface area contributed by atoms with Crippen LogP contribution in [0, 0.1) is 11.6 Å². The topological polar surface area (TPSA) is 72.5 Å². The zero-order valence-electron chi connectivity index (χ0n) is 14.1. The van der Waals surface area contributed by atoms with E-state index in [1.165, 1.54) is 37.3 Å². The molecule has 27 heavy (non-hydrogen) atoms. The number of Topliss-reactive ketones (excluding diaryl/α,β-unsaturated/α-hetero) is 1. The molecule has 2 aromatic rings. The van der Waals surface area contributed by atoms with Crippen molar-refractivity contribution in [1.82, 2.24) is 0 Å². The number of anilines is 1. The molecule has 0 saturated heterocycles. The van der Waals surface area contributed by atoms with Crippen LogP contribution in [-0.4, -0.2) is 24.3 Å². The number of ether oxygens (including phenoxy) is 1. The van der Waals surface area contributed by atoms with Gasteiger partial charge in [-0.05, 0) is 42.0 Å². The molecular weight excluding hydrogens is 380 g/mol. The monoisotopic (exact) mass is 393 g/mol. The molecule has 0 atom stereocenters. The van der Waals surface area contributed by atoms with E-state index >= 15 is 0 Å². The van der Waals surface area contributed by atoms with Crippen LogP contribution in [0.3, 0.4) is 0 Å². The third kappa shape index (κ3) is 6.00. The lowest BCUT2D eigenvalue weighted by molar-refractivity contribution is -0.136. The second kappa shape index (κ2) is 9.05. The fourth-order valence-electron chi connectivity index (χ4n) is 2.07. The molecule has 0 saturated carbocycles. The molecule has 0 radical (unpaired) electrons. The predicted molar refractivity (Wildman–Crippen MR) is 96.4 cm³/mol. The molecule has 5 nitrogen and oxygen atoms in total. The molecule has 0 aliphatic rings. The lowest BCUT2D eigenvalue weighted by atomic mass is 10.1. The summed E-state index contributed by atoms with van der Waals surface area (Å²) < 4.78 is 31.8. The van der Waals surface area contributed by atoms with E-state index in [2.05, 4.69) is 5.32 Å². The summed E-state index contributed by atoms with van der Waals surface area (Å²) in [5.74, 6) is -3.39. The molecule has 0 aliphatic heterocycles. The summed E-state index contributed by atoms with van der Waals surface area (Å²) in [6, 6.07) is 7.41. The number of carbonyl (C=O) groups excluding carboxylic acids is 3. The number of hydrogen-bond acceptors (Lipinski definition) is 4. The maximum Gasteiger partial charge on any atom is 0.331 e. The number of amides is 1. The van der Waals surface area contributed by atoms with Gasteiger partial charge in [-0.15, -0.1) is 0 Å². The number of hydrogen-bond donors (Lipinski definition) is 1. The van der Waals surface area contributed by atoms with E-state index in [4.69, 9.17) is 16.3 Å². The second-order valence-corrected chi connectivity index (χ2v) is 5.82. The smallest absolute Gasteiger partial charge is 0.331 e. The minimum atomic E-state index is -0.848. The normalized spacial score (nSPS) is 10.7. The molecule has 0 aromatic heterocycles. The molecule has 8 heteroatoms. The molecule has 0 bridgehead atoms. The van der Waals surface area contributed by atoms with E-state index in [0.717, 1.165) is 18.2 Å². The van der Waals surface area contributed by atoms with Crippen LogP contribution in [0.4, 0.5) is 14.5 Å². The molecule has 140 valence electrons. The highest BCUT2D eigenvalue weighted by Crippen LogP contribution is 2.17. The van der Waals surface area contributed by atoms with Crippen molar-refractivity contribution in [2.45, 2.75) is 6.92 Å². The van der Waals surface area contributed by atoms with Gasteiger partial charge in [0.25, 0.3) is 0 Å². The van der Waals surface area contributed by atoms with Crippen LogP contribution < -0.4 is 5.32 Å². The van der Waals surface area contributed by atoms with Gasteiger partial charge in [-0.2, -0.15) is 0 Å². The maximum absolute atomic E-state index is 13.9. The predicted octanol–water partition coefficient (Wildman–Crippen LogP) is 4.02. The second-order valence-electron chi connectivity index (χ2n) is 5.41. The van der Waals surface area contributed by atoms with Gasteiger partial charge >= 0.3 is 5.97 Å². The van der Waals surface area contributed by atoms with Crippen molar-refractivity contribution >= 4 is 41.0 Å². The third-order valence-electron chi connectivity index (χ3n) is 3.29. The number of benzene rings is 2. The van der Waals surface area contributed by atoms with Gasteiger partial charge in [0.05, 0.1) is 10.6 Å². The Morgan fingerprint density at radius 2 is 1.85 bits per heavy atom. The summed E-state index contributed by atoms with van der Waals surface area (Å²) in [7, 11) is 0. The molecule has 0 unspecified atom stereocenters. The highest BCUT2D eigenvalue weighted by atomic mass is 35.5. The van der Waals surface area contributed by atoms with Gasteiger partial charge in [-0.25, -0.2) is 13.6 Å². The third-order valence-corrected chi connectivity index (χ3v) is 3.58. The Kier molecular flexibility index (Phi) is 6.79. The van der Waals surface area contributed by atoms with Crippen molar-refractivity contribution in [3.8, 4) is 0 Å². The van der Waals surface area contributed by atoms with Gasteiger partial charge in [-0.1, -0.05) is 17.7 Å². The Bertz CT molecular complexity index is 928. The van der Waals surface area contributed by atoms with E-state index < -0.39 is 30.0 Å². The van der Waals surface area contributed by atoms with Crippen LogP contribution in [0.5, 0.6) is 0 Å². The Labute approximate surface area is 158 Å². The number of carbonyl (C=O) groups is 3. The van der Waals surface area contributed by atoms with Gasteiger partial charge in [0.1, 0.15) is 11.6 Å². The summed E-state index contributed by atoms with van der Waals surface area (Å²) in [5.41, 5.74) is 0.393. The van der Waals surface area contributed by atoms with E-state index in [0.29, 0.717) is 5.56 Å². The van der Waals surface area contributed by atoms with E-state index in [1.54, 1.807) is 0 Å². The number of ketones is 1. The lowest BCUT2D eigenvalue weighted by Crippen LogP contribution is -2.14. The zero-order valence-corrected chi connectivity index (χ0v) is 14.8. The number of halogens is 3. The number of rotatable bonds is 6. The minimum absolute atomic E-state index is 0.0983. The molecule has 1 N–H and O–H groups in total. The zero-order chi connectivity index (χ0) is 20.0. The lowest BCUT2D eigenvalue weighted by Gasteiger charge is -2.06. The van der Waals surface area contributed by atoms with E-state index in [1.807, 2.05) is 0 Å². The molecule has 1 amide bonds. The van der Waals surface area contributed by atoms with Crippen LogP contribution in [0.2, 0.25) is 5.02 Å². The summed E-state index contributed by atoms with van der Waals surface area (Å²) >= 11 is 5.62. The maximum atomic E-state index is 13.9. The van der Waals surface area contributed by atoms with Gasteiger partial charge in [0.15, 0.2) is 6.61 Å². The highest BCUT2D eigenvalue weighted by Gasteiger charge is 2.14. The summed E-state index contributed by atoms with van der Waals surface area (Å²) in [6.45, 7) is 0.605. The average molecular weight is 394 g/mol. The first-order valence-corrected chi connectivity index (χ1v) is 8.04. The number of esters is 1. The molecular formula is C19H14ClF2NO4. The quantitative estimate of drug-likeness (QED) is 0.457. The van der Waals surface area contributed by atoms with Gasteiger partial charge < -0.3 is 10.1 Å². The van der Waals surface area contributed by atoms with E-state index in [9.17, 15) is 23.2 Å². The molecule has 2 rings (SSSR count). The molecule has 0 aliphatic carbocycles. The van der Waals surface area contributed by atoms with Crippen molar-refractivity contribution < 1.29 is 27.9 Å². The fourth-order valence-corrected chi connectivity index (χ4v) is 2.25. The Balaban J connectivity index is 1.94. The average Bonchev–Trinajstić information content (AvgIpc) is 2.60. The first-order valence-electron chi connectivity index (χ1n) is 7.66. The van der Waals surface area contributed by atoms with Crippen LogP contribution >= 0.6 is 11.6 Å². The molecule has 2 aromatic carbocycles. The molecule has 0 spiro atoms. The van der Waals surface area contributed by atoms with Crippen LogP contribution in [-0.2, 0) is 14.3 Å². The van der Waals surface area contributed by atoms with Crippen molar-refractivity contribution in [2.75, 3.05) is 11.9 Å². The van der Waals surface area contributed by atoms with Gasteiger partial charge in [0, 0.05) is 18.7 Å². The Morgan fingerprint density at radius 1 is 1.11 bits per heavy atom. The fraction of sp³-hybridized carbons (Fsp3) is 0.105. The van der Waals surface area contributed by atoms with Gasteiger partial charge in [0.2, 0.25) is 11.7 Å².